The van der Waals surface area contributed by atoms with Crippen molar-refractivity contribution in [3.63, 3.8) is 0 Å². The Morgan fingerprint density at radius 2 is 0.943 bits per heavy atom. The number of alkyl halides is 1. The molecule has 5 nitrogen and oxygen atoms in total. The van der Waals surface area contributed by atoms with Gasteiger partial charge in [-0.3, -0.25) is 9.80 Å². The average Bonchev–Trinajstić information content (AvgIpc) is 3.10. The normalized spacial score (nSPS) is 20.6. The molecule has 2 aliphatic rings. The fraction of sp³-hybridized carbons (Fsp3) is 0.351. The van der Waals surface area contributed by atoms with Crippen molar-refractivity contribution >= 4 is 147 Å². The van der Waals surface area contributed by atoms with Crippen LogP contribution >= 0.6 is 133 Å². The molecule has 0 radical (unpaired) electrons. The van der Waals surface area contributed by atoms with Crippen LogP contribution in [0.1, 0.15) is 23.2 Å². The standard InChI is InChI=1S/C19H21Cl3N2O.C18H18BrCl3N2.BBr3/c1-23-9-10-24(17-8-7-15(21)11-16(17)22)19(18(23)12-25-2)13-3-5-14(20)6-4-13;1-23-8-9-24(16-7-6-14(21)10-15(16)22)18(17(23)11-19)12-2-4-13(20)5-3-12;2-1(3)4/h3-8,11,18-19H,9-10,12H2,1-2H3;2-7,10,17-18H,8-9,11H2,1H3;/t18-,19+;17-,18+;/m11./s1. The van der Waals surface area contributed by atoms with Gasteiger partial charge < -0.3 is 14.5 Å². The van der Waals surface area contributed by atoms with Crippen LogP contribution < -0.4 is 9.80 Å². The third kappa shape index (κ3) is 12.8. The molecule has 4 aromatic carbocycles. The van der Waals surface area contributed by atoms with Crippen LogP contribution in [0, 0.1) is 0 Å². The van der Waals surface area contributed by atoms with Crippen molar-refractivity contribution in [1.82, 2.24) is 9.80 Å². The van der Waals surface area contributed by atoms with Crippen LogP contribution in [0.5, 0.6) is 0 Å². The molecule has 4 aromatic rings. The highest BCUT2D eigenvalue weighted by Gasteiger charge is 2.38. The fourth-order valence-electron chi connectivity index (χ4n) is 6.72. The van der Waals surface area contributed by atoms with Crippen LogP contribution in [0.2, 0.25) is 30.1 Å². The quantitative estimate of drug-likeness (QED) is 0.135. The van der Waals surface area contributed by atoms with Gasteiger partial charge in [0.15, 0.2) is 0 Å². The lowest BCUT2D eigenvalue weighted by atomic mass is 9.94. The van der Waals surface area contributed by atoms with Crippen LogP contribution in [0.15, 0.2) is 84.9 Å². The van der Waals surface area contributed by atoms with E-state index in [0.717, 1.165) is 52.9 Å². The highest BCUT2D eigenvalue weighted by atomic mass is 79.9. The zero-order chi connectivity index (χ0) is 38.8. The third-order valence-electron chi connectivity index (χ3n) is 9.28. The van der Waals surface area contributed by atoms with E-state index in [-0.39, 0.29) is 21.3 Å². The number of ether oxygens (including phenoxy) is 1. The summed E-state index contributed by atoms with van der Waals surface area (Å²) in [5.41, 5.74) is 4.41. The summed E-state index contributed by atoms with van der Waals surface area (Å²) in [6, 6.07) is 28.3. The Labute approximate surface area is 377 Å². The van der Waals surface area contributed by atoms with Crippen molar-refractivity contribution in [2.45, 2.75) is 24.2 Å². The second-order valence-corrected chi connectivity index (χ2v) is 22.2. The first kappa shape index (κ1) is 45.8. The number of nitrogens with zero attached hydrogens (tertiary/aromatic N) is 4. The van der Waals surface area contributed by atoms with Crippen molar-refractivity contribution in [1.29, 1.82) is 0 Å². The predicted octanol–water partition coefficient (Wildman–Crippen LogP) is 13.2. The Balaban J connectivity index is 0.000000215. The SMILES string of the molecule is BrB(Br)Br.CN1CCN(c2ccc(Cl)cc2Cl)[C@@H](c2ccc(Cl)cc2)[C@H]1CBr.COC[C@@H]1[C@H](c2ccc(Cl)cc2)N(c2ccc(Cl)cc2Cl)CCN1C. The summed E-state index contributed by atoms with van der Waals surface area (Å²) in [7, 11) is 6.03. The molecule has 0 unspecified atom stereocenters. The maximum Gasteiger partial charge on any atom is 0.369 e. The number of piperazine rings is 2. The largest absolute Gasteiger partial charge is 0.383 e. The zero-order valence-corrected chi connectivity index (χ0v) is 40.1. The Morgan fingerprint density at radius 3 is 1.30 bits per heavy atom. The number of halogens is 10. The van der Waals surface area contributed by atoms with Crippen molar-refractivity contribution in [2.24, 2.45) is 0 Å². The van der Waals surface area contributed by atoms with Crippen LogP contribution in [0.3, 0.4) is 0 Å². The lowest BCUT2D eigenvalue weighted by molar-refractivity contribution is 0.0745. The summed E-state index contributed by atoms with van der Waals surface area (Å²) in [6.45, 7) is 4.29. The average molecular weight is 1100 g/mol. The number of hydrogen-bond acceptors (Lipinski definition) is 5. The van der Waals surface area contributed by atoms with E-state index >= 15 is 0 Å². The van der Waals surface area contributed by atoms with Gasteiger partial charge in [0.05, 0.1) is 46.2 Å². The van der Waals surface area contributed by atoms with Gasteiger partial charge in [-0.05, 0) is 85.9 Å². The summed E-state index contributed by atoms with van der Waals surface area (Å²) < 4.78 is 5.78. The molecule has 0 saturated carbocycles. The van der Waals surface area contributed by atoms with Crippen LogP contribution in [0.4, 0.5) is 11.4 Å². The fourth-order valence-corrected chi connectivity index (χ4v) is 8.86. The molecule has 53 heavy (non-hydrogen) atoms. The first-order valence-electron chi connectivity index (χ1n) is 16.6. The van der Waals surface area contributed by atoms with Crippen LogP contribution in [0.25, 0.3) is 0 Å². The van der Waals surface area contributed by atoms with Gasteiger partial charge in [0.2, 0.25) is 0 Å². The lowest BCUT2D eigenvalue weighted by Gasteiger charge is -2.47. The highest BCUT2D eigenvalue weighted by molar-refractivity contribution is 9.69. The van der Waals surface area contributed by atoms with Gasteiger partial charge in [0.25, 0.3) is 0 Å². The second-order valence-electron chi connectivity index (χ2n) is 12.5. The number of rotatable bonds is 7. The second kappa shape index (κ2) is 22.3. The van der Waals surface area contributed by atoms with E-state index in [1.54, 1.807) is 19.2 Å². The van der Waals surface area contributed by atoms with Gasteiger partial charge in [-0.15, -0.1) is 47.3 Å². The van der Waals surface area contributed by atoms with Gasteiger partial charge in [-0.1, -0.05) is 110 Å². The van der Waals surface area contributed by atoms with E-state index in [1.165, 1.54) is 11.1 Å². The molecule has 0 bridgehead atoms. The summed E-state index contributed by atoms with van der Waals surface area (Å²) in [6.07, 6.45) is 0. The minimum atomic E-state index is 0.106. The third-order valence-corrected chi connectivity index (χ3v) is 11.5. The lowest BCUT2D eigenvalue weighted by Crippen LogP contribution is -2.55. The number of hydrogen-bond donors (Lipinski definition) is 0. The van der Waals surface area contributed by atoms with E-state index in [0.29, 0.717) is 32.7 Å². The maximum atomic E-state index is 6.51. The number of likely N-dealkylation sites (N-methyl/N-ethyl adjacent to an activating group) is 2. The molecule has 0 amide bonds. The van der Waals surface area contributed by atoms with Crippen LogP contribution in [-0.2, 0) is 4.74 Å². The Kier molecular flexibility index (Phi) is 19.3. The van der Waals surface area contributed by atoms with E-state index in [2.05, 4.69) is 121 Å². The smallest absolute Gasteiger partial charge is 0.369 e. The molecule has 2 heterocycles. The number of benzene rings is 4. The molecule has 0 aliphatic carbocycles. The van der Waals surface area contributed by atoms with Crippen molar-refractivity contribution < 1.29 is 4.74 Å². The summed E-state index contributed by atoms with van der Waals surface area (Å²) in [4.78, 5) is 9.43. The number of anilines is 2. The molecule has 16 heteroatoms. The van der Waals surface area contributed by atoms with Gasteiger partial charge in [0, 0.05) is 64.8 Å². The Morgan fingerprint density at radius 1 is 0.585 bits per heavy atom. The molecule has 286 valence electrons. The highest BCUT2D eigenvalue weighted by Crippen LogP contribution is 2.41. The van der Waals surface area contributed by atoms with E-state index < -0.39 is 0 Å². The minimum absolute atomic E-state index is 0.106. The zero-order valence-electron chi connectivity index (χ0n) is 29.2. The van der Waals surface area contributed by atoms with Crippen molar-refractivity contribution in [3.8, 4) is 0 Å². The first-order chi connectivity index (χ1) is 25.2. The van der Waals surface area contributed by atoms with E-state index in [4.69, 9.17) is 74.3 Å². The van der Waals surface area contributed by atoms with Gasteiger partial charge in [0.1, 0.15) is 0 Å². The molecular weight excluding hydrogens is 1060 g/mol. The monoisotopic (exact) mass is 1090 g/mol. The molecule has 4 atom stereocenters. The Hall–Kier alpha value is 0.0849. The molecule has 2 aliphatic heterocycles. The number of methoxy groups -OCH3 is 1. The first-order valence-corrected chi connectivity index (χ1v) is 22.7. The molecular formula is C37H39BBr4Cl6N4O. The summed E-state index contributed by atoms with van der Waals surface area (Å²) >= 11 is 50.3. The predicted molar refractivity (Wildman–Crippen MR) is 247 cm³/mol. The van der Waals surface area contributed by atoms with Crippen LogP contribution in [-0.4, -0.2) is 84.4 Å². The minimum Gasteiger partial charge on any atom is -0.383 e. The van der Waals surface area contributed by atoms with Gasteiger partial charge in [-0.2, -0.15) is 0 Å². The van der Waals surface area contributed by atoms with E-state index in [9.17, 15) is 0 Å². The molecule has 0 aromatic heterocycles. The molecule has 2 saturated heterocycles. The molecule has 0 N–H and O–H groups in total. The molecule has 2 fully saturated rings. The Bertz CT molecular complexity index is 1750. The van der Waals surface area contributed by atoms with Gasteiger partial charge >= 0.3 is 3.18 Å². The molecule has 0 spiro atoms. The summed E-state index contributed by atoms with van der Waals surface area (Å²) in [5.74, 6) is 0. The maximum absolute atomic E-state index is 6.51. The van der Waals surface area contributed by atoms with Crippen molar-refractivity contribution in [2.75, 3.05) is 69.1 Å². The summed E-state index contributed by atoms with van der Waals surface area (Å²) in [5, 5.41) is 4.98. The topological polar surface area (TPSA) is 22.2 Å². The van der Waals surface area contributed by atoms with Crippen molar-refractivity contribution in [3.05, 3.63) is 126 Å². The van der Waals surface area contributed by atoms with E-state index in [1.807, 2.05) is 48.5 Å². The molecule has 6 rings (SSSR count). The van der Waals surface area contributed by atoms with Gasteiger partial charge in [-0.25, -0.2) is 0 Å².